The molecule has 116 valence electrons. The van der Waals surface area contributed by atoms with Crippen molar-refractivity contribution in [2.24, 2.45) is 4.99 Å². The van der Waals surface area contributed by atoms with Crippen LogP contribution in [0.3, 0.4) is 0 Å². The van der Waals surface area contributed by atoms with Crippen molar-refractivity contribution >= 4 is 23.7 Å². The van der Waals surface area contributed by atoms with Gasteiger partial charge in [0.25, 0.3) is 0 Å². The number of carbonyl (C=O) groups excluding carboxylic acids is 2. The summed E-state index contributed by atoms with van der Waals surface area (Å²) in [6.07, 6.45) is 2.84. The van der Waals surface area contributed by atoms with E-state index >= 15 is 0 Å². The molecule has 0 saturated heterocycles. The summed E-state index contributed by atoms with van der Waals surface area (Å²) < 4.78 is 5.10. The molecule has 0 amide bonds. The first-order valence-electron chi connectivity index (χ1n) is 7.28. The monoisotopic (exact) mass is 301 g/mol. The molecule has 1 aliphatic rings. The number of Topliss-reactive ketones (excluding diaryl/α,β-unsaturated/α-hetero) is 1. The number of nitrogens with zero attached hydrogens (tertiary/aromatic N) is 1. The number of ketones is 1. The van der Waals surface area contributed by atoms with Crippen LogP contribution in [0, 0.1) is 0 Å². The molecule has 0 aliphatic heterocycles. The first-order valence-corrected chi connectivity index (χ1v) is 7.28. The predicted molar refractivity (Wildman–Crippen MR) is 83.7 cm³/mol. The Labute approximate surface area is 129 Å². The lowest BCUT2D eigenvalue weighted by Gasteiger charge is -2.11. The highest BCUT2D eigenvalue weighted by atomic mass is 16.5. The highest BCUT2D eigenvalue weighted by Gasteiger charge is 2.18. The van der Waals surface area contributed by atoms with Crippen molar-refractivity contribution in [3.63, 3.8) is 0 Å². The summed E-state index contributed by atoms with van der Waals surface area (Å²) in [5.74, 6) is -0.380. The van der Waals surface area contributed by atoms with Crippen LogP contribution in [0.4, 0.5) is 5.69 Å². The van der Waals surface area contributed by atoms with Crippen LogP contribution in [0.1, 0.15) is 43.5 Å². The van der Waals surface area contributed by atoms with Gasteiger partial charge in [0.1, 0.15) is 5.76 Å². The Bertz CT molecular complexity index is 627. The molecule has 22 heavy (non-hydrogen) atoms. The smallest absolute Gasteiger partial charge is 0.338 e. The maximum Gasteiger partial charge on any atom is 0.338 e. The third-order valence-corrected chi connectivity index (χ3v) is 3.22. The van der Waals surface area contributed by atoms with E-state index in [9.17, 15) is 14.7 Å². The third-order valence-electron chi connectivity index (χ3n) is 3.22. The number of aliphatic imine (C=N–C) groups is 1. The second-order valence-corrected chi connectivity index (χ2v) is 5.40. The molecule has 0 spiro atoms. The second-order valence-electron chi connectivity index (χ2n) is 5.40. The molecule has 0 saturated carbocycles. The van der Waals surface area contributed by atoms with Gasteiger partial charge >= 0.3 is 5.97 Å². The van der Waals surface area contributed by atoms with E-state index in [1.165, 1.54) is 6.21 Å². The third kappa shape index (κ3) is 4.04. The van der Waals surface area contributed by atoms with Crippen LogP contribution in [0.5, 0.6) is 0 Å². The molecule has 0 aromatic heterocycles. The van der Waals surface area contributed by atoms with Gasteiger partial charge in [-0.05, 0) is 44.5 Å². The quantitative estimate of drug-likeness (QED) is 0.682. The molecule has 5 heteroatoms. The van der Waals surface area contributed by atoms with Crippen molar-refractivity contribution in [3.8, 4) is 0 Å². The first kappa shape index (κ1) is 15.9. The molecule has 1 aliphatic carbocycles. The number of aliphatic hydroxyl groups is 1. The number of carbonyl (C=O) groups is 2. The van der Waals surface area contributed by atoms with E-state index in [1.54, 1.807) is 38.1 Å². The molecule has 0 bridgehead atoms. The number of rotatable bonds is 4. The molecule has 1 aromatic carbocycles. The zero-order chi connectivity index (χ0) is 16.1. The summed E-state index contributed by atoms with van der Waals surface area (Å²) in [6.45, 7) is 3.58. The Hall–Kier alpha value is -2.43. The van der Waals surface area contributed by atoms with Crippen LogP contribution in [0.2, 0.25) is 0 Å². The summed E-state index contributed by atoms with van der Waals surface area (Å²) in [7, 11) is 0. The Balaban J connectivity index is 2.10. The minimum Gasteiger partial charge on any atom is -0.512 e. The van der Waals surface area contributed by atoms with Gasteiger partial charge in [-0.25, -0.2) is 4.79 Å². The van der Waals surface area contributed by atoms with E-state index in [0.29, 0.717) is 30.5 Å². The molecule has 0 atom stereocenters. The van der Waals surface area contributed by atoms with Crippen molar-refractivity contribution in [2.45, 2.75) is 39.2 Å². The molecule has 1 aromatic rings. The molecule has 0 heterocycles. The van der Waals surface area contributed by atoms with Gasteiger partial charge in [-0.3, -0.25) is 9.79 Å². The predicted octanol–water partition coefficient (Wildman–Crippen LogP) is 3.52. The topological polar surface area (TPSA) is 76.0 Å². The van der Waals surface area contributed by atoms with E-state index in [2.05, 4.69) is 4.99 Å². The van der Waals surface area contributed by atoms with Crippen molar-refractivity contribution < 1.29 is 19.4 Å². The van der Waals surface area contributed by atoms with Crippen molar-refractivity contribution in [3.05, 3.63) is 41.2 Å². The average Bonchev–Trinajstić information content (AvgIpc) is 2.46. The lowest BCUT2D eigenvalue weighted by molar-refractivity contribution is -0.115. The number of aliphatic hydroxyl groups excluding tert-OH is 1. The molecule has 5 nitrogen and oxygen atoms in total. The van der Waals surface area contributed by atoms with Gasteiger partial charge < -0.3 is 9.84 Å². The van der Waals surface area contributed by atoms with Gasteiger partial charge in [-0.15, -0.1) is 0 Å². The number of hydrogen-bond acceptors (Lipinski definition) is 5. The van der Waals surface area contributed by atoms with E-state index in [4.69, 9.17) is 4.74 Å². The highest BCUT2D eigenvalue weighted by molar-refractivity contribution is 6.14. The highest BCUT2D eigenvalue weighted by Crippen LogP contribution is 2.20. The Morgan fingerprint density at radius 2 is 1.95 bits per heavy atom. The molecular formula is C17H19NO4. The lowest BCUT2D eigenvalue weighted by Crippen LogP contribution is -2.12. The number of allylic oxidation sites excluding steroid dienone is 2. The van der Waals surface area contributed by atoms with Crippen LogP contribution in [-0.4, -0.2) is 29.2 Å². The second kappa shape index (κ2) is 7.02. The van der Waals surface area contributed by atoms with Gasteiger partial charge in [0.2, 0.25) is 0 Å². The Morgan fingerprint density at radius 3 is 2.55 bits per heavy atom. The van der Waals surface area contributed by atoms with Crippen molar-refractivity contribution in [1.29, 1.82) is 0 Å². The van der Waals surface area contributed by atoms with E-state index in [-0.39, 0.29) is 29.2 Å². The largest absolute Gasteiger partial charge is 0.512 e. The SMILES string of the molecule is CC(C)OC(=O)c1ccc(N=CC2=C(O)CCCC2=O)cc1. The summed E-state index contributed by atoms with van der Waals surface area (Å²) in [6, 6.07) is 6.57. The van der Waals surface area contributed by atoms with E-state index in [1.807, 2.05) is 0 Å². The summed E-state index contributed by atoms with van der Waals surface area (Å²) >= 11 is 0. The standard InChI is InChI=1S/C17H19NO4/c1-11(2)22-17(21)12-6-8-13(9-7-12)18-10-14-15(19)4-3-5-16(14)20/h6-11,19H,3-5H2,1-2H3. The van der Waals surface area contributed by atoms with Crippen LogP contribution < -0.4 is 0 Å². The van der Waals surface area contributed by atoms with E-state index in [0.717, 1.165) is 0 Å². The zero-order valence-corrected chi connectivity index (χ0v) is 12.7. The van der Waals surface area contributed by atoms with Gasteiger partial charge in [0, 0.05) is 19.1 Å². The molecular weight excluding hydrogens is 282 g/mol. The number of ether oxygens (including phenoxy) is 1. The normalized spacial score (nSPS) is 15.7. The maximum atomic E-state index is 11.7. The maximum absolute atomic E-state index is 11.7. The minimum absolute atomic E-state index is 0.0929. The molecule has 0 radical (unpaired) electrons. The number of hydrogen-bond donors (Lipinski definition) is 1. The van der Waals surface area contributed by atoms with E-state index < -0.39 is 0 Å². The lowest BCUT2D eigenvalue weighted by atomic mass is 9.97. The van der Waals surface area contributed by atoms with Crippen LogP contribution >= 0.6 is 0 Å². The summed E-state index contributed by atoms with van der Waals surface area (Å²) in [5, 5.41) is 9.72. The fraction of sp³-hybridized carbons (Fsp3) is 0.353. The van der Waals surface area contributed by atoms with Crippen molar-refractivity contribution in [2.75, 3.05) is 0 Å². The van der Waals surface area contributed by atoms with Crippen LogP contribution in [-0.2, 0) is 9.53 Å². The number of esters is 1. The van der Waals surface area contributed by atoms with Crippen LogP contribution in [0.25, 0.3) is 0 Å². The van der Waals surface area contributed by atoms with Gasteiger partial charge in [-0.1, -0.05) is 0 Å². The Kier molecular flexibility index (Phi) is 5.09. The molecule has 0 unspecified atom stereocenters. The fourth-order valence-electron chi connectivity index (χ4n) is 2.10. The van der Waals surface area contributed by atoms with Crippen molar-refractivity contribution in [1.82, 2.24) is 0 Å². The van der Waals surface area contributed by atoms with Gasteiger partial charge in [0.05, 0.1) is 22.9 Å². The molecule has 0 fully saturated rings. The van der Waals surface area contributed by atoms with Gasteiger partial charge in [0.15, 0.2) is 5.78 Å². The summed E-state index contributed by atoms with van der Waals surface area (Å²) in [5.41, 5.74) is 1.32. The van der Waals surface area contributed by atoms with Gasteiger partial charge in [-0.2, -0.15) is 0 Å². The van der Waals surface area contributed by atoms with Crippen LogP contribution in [0.15, 0.2) is 40.6 Å². The number of benzene rings is 1. The fourth-order valence-corrected chi connectivity index (χ4v) is 2.10. The first-order chi connectivity index (χ1) is 10.5. The Morgan fingerprint density at radius 1 is 1.27 bits per heavy atom. The summed E-state index contributed by atoms with van der Waals surface area (Å²) in [4.78, 5) is 27.6. The average molecular weight is 301 g/mol. The zero-order valence-electron chi connectivity index (χ0n) is 12.7. The minimum atomic E-state index is -0.381. The molecule has 1 N–H and O–H groups in total. The molecule has 2 rings (SSSR count).